The lowest BCUT2D eigenvalue weighted by molar-refractivity contribution is -0.399. The average Bonchev–Trinajstić information content (AvgIpc) is 2.33. The van der Waals surface area contributed by atoms with Crippen molar-refractivity contribution in [2.45, 2.75) is 51.6 Å². The summed E-state index contributed by atoms with van der Waals surface area (Å²) >= 11 is 0. The van der Waals surface area contributed by atoms with Crippen LogP contribution in [-0.2, 0) is 9.53 Å². The fraction of sp³-hybridized carbons (Fsp3) is 0.812. The first kappa shape index (κ1) is 11.1. The lowest BCUT2D eigenvalue weighted by Crippen LogP contribution is -2.84. The molecule has 0 radical (unpaired) electrons. The highest BCUT2D eigenvalue weighted by Gasteiger charge is 2.84. The van der Waals surface area contributed by atoms with Crippen LogP contribution in [0.1, 0.15) is 46.0 Å². The van der Waals surface area contributed by atoms with Crippen molar-refractivity contribution in [1.29, 1.82) is 0 Å². The van der Waals surface area contributed by atoms with E-state index in [1.54, 1.807) is 6.92 Å². The SMILES string of the molecule is C=C(C)C(=O)OC1(CC)C2CC3CC4CC1(C3)C42. The fourth-order valence-corrected chi connectivity index (χ4v) is 6.39. The quantitative estimate of drug-likeness (QED) is 0.564. The summed E-state index contributed by atoms with van der Waals surface area (Å²) in [5.41, 5.74) is 0.801. The Balaban J connectivity index is 1.67. The van der Waals surface area contributed by atoms with Gasteiger partial charge in [-0.05, 0) is 56.8 Å². The van der Waals surface area contributed by atoms with Crippen LogP contribution in [0.3, 0.4) is 0 Å². The van der Waals surface area contributed by atoms with E-state index in [1.165, 1.54) is 25.7 Å². The molecule has 18 heavy (non-hydrogen) atoms. The van der Waals surface area contributed by atoms with Crippen molar-refractivity contribution >= 4 is 5.97 Å². The van der Waals surface area contributed by atoms with Gasteiger partial charge in [-0.1, -0.05) is 13.5 Å². The van der Waals surface area contributed by atoms with Gasteiger partial charge in [0.15, 0.2) is 0 Å². The highest BCUT2D eigenvalue weighted by atomic mass is 16.6. The zero-order valence-electron chi connectivity index (χ0n) is 11.4. The highest BCUT2D eigenvalue weighted by Crippen LogP contribution is 2.84. The van der Waals surface area contributed by atoms with Gasteiger partial charge in [-0.2, -0.15) is 0 Å². The monoisotopic (exact) mass is 246 g/mol. The van der Waals surface area contributed by atoms with E-state index >= 15 is 0 Å². The van der Waals surface area contributed by atoms with Gasteiger partial charge in [-0.25, -0.2) is 4.79 Å². The minimum absolute atomic E-state index is 0.124. The van der Waals surface area contributed by atoms with E-state index in [0.717, 1.165) is 24.2 Å². The second-order valence-corrected chi connectivity index (χ2v) is 7.21. The number of hydrogen-bond acceptors (Lipinski definition) is 2. The van der Waals surface area contributed by atoms with Gasteiger partial charge < -0.3 is 4.74 Å². The molecule has 0 aromatic rings. The molecule has 0 N–H and O–H groups in total. The summed E-state index contributed by atoms with van der Waals surface area (Å²) in [4.78, 5) is 12.0. The van der Waals surface area contributed by atoms with Gasteiger partial charge in [0.05, 0.1) is 0 Å². The van der Waals surface area contributed by atoms with Gasteiger partial charge >= 0.3 is 5.97 Å². The molecule has 7 aliphatic carbocycles. The van der Waals surface area contributed by atoms with Gasteiger partial charge in [0.25, 0.3) is 0 Å². The minimum atomic E-state index is -0.165. The van der Waals surface area contributed by atoms with E-state index in [1.807, 2.05) is 0 Å². The van der Waals surface area contributed by atoms with E-state index in [0.29, 0.717) is 16.9 Å². The third-order valence-corrected chi connectivity index (χ3v) is 6.67. The Morgan fingerprint density at radius 2 is 2.17 bits per heavy atom. The van der Waals surface area contributed by atoms with Gasteiger partial charge in [0, 0.05) is 16.9 Å². The summed E-state index contributed by atoms with van der Waals surface area (Å²) in [6, 6.07) is 0. The molecule has 1 spiro atoms. The smallest absolute Gasteiger partial charge is 0.333 e. The van der Waals surface area contributed by atoms with Crippen LogP contribution < -0.4 is 0 Å². The molecule has 7 rings (SSSR count). The molecule has 5 bridgehead atoms. The summed E-state index contributed by atoms with van der Waals surface area (Å²) in [6.45, 7) is 7.69. The Hall–Kier alpha value is -0.790. The predicted molar refractivity (Wildman–Crippen MR) is 68.8 cm³/mol. The van der Waals surface area contributed by atoms with Crippen LogP contribution in [0.25, 0.3) is 0 Å². The third kappa shape index (κ3) is 0.906. The summed E-state index contributed by atoms with van der Waals surface area (Å²) in [5, 5.41) is 0. The zero-order valence-corrected chi connectivity index (χ0v) is 11.4. The largest absolute Gasteiger partial charge is 0.455 e. The van der Waals surface area contributed by atoms with Crippen LogP contribution in [0.5, 0.6) is 0 Å². The average molecular weight is 246 g/mol. The van der Waals surface area contributed by atoms with E-state index < -0.39 is 0 Å². The van der Waals surface area contributed by atoms with Crippen molar-refractivity contribution in [3.05, 3.63) is 12.2 Å². The minimum Gasteiger partial charge on any atom is -0.455 e. The molecular weight excluding hydrogens is 224 g/mol. The number of carbonyl (C=O) groups is 1. The second-order valence-electron chi connectivity index (χ2n) is 7.21. The molecule has 0 aliphatic heterocycles. The molecular formula is C16H22O2. The van der Waals surface area contributed by atoms with Crippen molar-refractivity contribution in [1.82, 2.24) is 0 Å². The summed E-state index contributed by atoms with van der Waals surface area (Å²) in [7, 11) is 0. The third-order valence-electron chi connectivity index (χ3n) is 6.67. The van der Waals surface area contributed by atoms with Gasteiger partial charge in [-0.15, -0.1) is 0 Å². The van der Waals surface area contributed by atoms with Crippen LogP contribution in [-0.4, -0.2) is 11.6 Å². The van der Waals surface area contributed by atoms with Crippen LogP contribution in [0.2, 0.25) is 0 Å². The number of rotatable bonds is 3. The van der Waals surface area contributed by atoms with Gasteiger partial charge in [-0.3, -0.25) is 0 Å². The van der Waals surface area contributed by atoms with Crippen LogP contribution in [0, 0.1) is 29.1 Å². The molecule has 0 heterocycles. The maximum atomic E-state index is 12.0. The van der Waals surface area contributed by atoms with E-state index in [2.05, 4.69) is 13.5 Å². The molecule has 6 unspecified atom stereocenters. The lowest BCUT2D eigenvalue weighted by atomic mass is 9.22. The highest BCUT2D eigenvalue weighted by molar-refractivity contribution is 5.87. The molecule has 0 aromatic heterocycles. The van der Waals surface area contributed by atoms with Gasteiger partial charge in [0.2, 0.25) is 0 Å². The van der Waals surface area contributed by atoms with Crippen molar-refractivity contribution in [2.75, 3.05) is 0 Å². The van der Waals surface area contributed by atoms with E-state index in [4.69, 9.17) is 4.74 Å². The van der Waals surface area contributed by atoms with E-state index in [9.17, 15) is 4.79 Å². The Morgan fingerprint density at radius 1 is 1.39 bits per heavy atom. The Kier molecular flexibility index (Phi) is 1.86. The normalized spacial score (nSPS) is 54.3. The first-order chi connectivity index (χ1) is 8.54. The molecule has 2 nitrogen and oxygen atoms in total. The summed E-state index contributed by atoms with van der Waals surface area (Å²) in [5.74, 6) is 3.28. The molecule has 0 amide bonds. The molecule has 7 fully saturated rings. The van der Waals surface area contributed by atoms with Crippen LogP contribution in [0.15, 0.2) is 12.2 Å². The topological polar surface area (TPSA) is 26.3 Å². The molecule has 6 atom stereocenters. The standard InChI is InChI=1S/C16H22O2/c1-4-16(18-14(17)9(2)3)12-6-10-5-11-8-15(16,7-10)13(11)12/h10-13H,2,4-8H2,1,3H3. The summed E-state index contributed by atoms with van der Waals surface area (Å²) in [6.07, 6.45) is 6.40. The van der Waals surface area contributed by atoms with Gasteiger partial charge in [0.1, 0.15) is 5.60 Å². The first-order valence-electron chi connectivity index (χ1n) is 7.43. The fourth-order valence-electron chi connectivity index (χ4n) is 6.39. The molecule has 0 saturated heterocycles. The number of carbonyl (C=O) groups excluding carboxylic acids is 1. The Bertz CT molecular complexity index is 452. The maximum Gasteiger partial charge on any atom is 0.333 e. The van der Waals surface area contributed by atoms with Crippen molar-refractivity contribution in [3.8, 4) is 0 Å². The Morgan fingerprint density at radius 3 is 2.67 bits per heavy atom. The molecule has 0 aromatic carbocycles. The Labute approximate surface area is 109 Å². The second kappa shape index (κ2) is 3.02. The number of ether oxygens (including phenoxy) is 1. The molecule has 7 saturated carbocycles. The first-order valence-corrected chi connectivity index (χ1v) is 7.43. The molecule has 7 aliphatic rings. The van der Waals surface area contributed by atoms with Crippen molar-refractivity contribution < 1.29 is 9.53 Å². The zero-order chi connectivity index (χ0) is 12.7. The van der Waals surface area contributed by atoms with Crippen LogP contribution in [0.4, 0.5) is 0 Å². The predicted octanol–water partition coefficient (Wildman–Crippen LogP) is 3.32. The molecule has 2 heteroatoms. The summed E-state index contributed by atoms with van der Waals surface area (Å²) < 4.78 is 6.01. The van der Waals surface area contributed by atoms with Crippen molar-refractivity contribution in [3.63, 3.8) is 0 Å². The lowest BCUT2D eigenvalue weighted by Gasteiger charge is -2.84. The van der Waals surface area contributed by atoms with E-state index in [-0.39, 0.29) is 11.6 Å². The number of esters is 1. The van der Waals surface area contributed by atoms with Crippen molar-refractivity contribution in [2.24, 2.45) is 29.1 Å². The van der Waals surface area contributed by atoms with Crippen LogP contribution >= 0.6 is 0 Å². The number of hydrogen-bond donors (Lipinski definition) is 0. The molecule has 98 valence electrons. The maximum absolute atomic E-state index is 12.0.